The molecule has 0 aromatic heterocycles. The first-order valence-corrected chi connectivity index (χ1v) is 0.829. The van der Waals surface area contributed by atoms with Gasteiger partial charge in [0.15, 0.2) is 0 Å². The smallest absolute Gasteiger partial charge is 0.0295 e. The van der Waals surface area contributed by atoms with Crippen molar-refractivity contribution in [1.82, 2.24) is 0 Å². The molecule has 0 radical (unpaired) electrons. The third-order valence-electron chi connectivity index (χ3n) is 0.0913. The topological polar surface area (TPSA) is 12.4 Å². The van der Waals surface area contributed by atoms with E-state index >= 15 is 0 Å². The van der Waals surface area contributed by atoms with E-state index in [0.717, 1.165) is 0 Å². The molecule has 0 fully saturated rings. The predicted octanol–water partition coefficient (Wildman–Crippen LogP) is 0.278. The van der Waals surface area contributed by atoms with E-state index in [1.54, 1.807) is 0 Å². The molecule has 0 unspecified atom stereocenters. The van der Waals surface area contributed by atoms with Crippen molar-refractivity contribution in [3.63, 3.8) is 0 Å². The van der Waals surface area contributed by atoms with Gasteiger partial charge in [-0.2, -0.15) is 0 Å². The molecule has 0 aromatic carbocycles. The van der Waals surface area contributed by atoms with Crippen molar-refractivity contribution in [3.05, 3.63) is 0 Å². The van der Waals surface area contributed by atoms with E-state index in [1.807, 2.05) is 6.04 Å². The van der Waals surface area contributed by atoms with Gasteiger partial charge in [-0.15, -0.1) is 0 Å². The van der Waals surface area contributed by atoms with Gasteiger partial charge in [0.25, 0.3) is 0 Å². The van der Waals surface area contributed by atoms with Crippen LogP contribution in [0.1, 0.15) is 0 Å². The summed E-state index contributed by atoms with van der Waals surface area (Å²) < 4.78 is 0. The zero-order chi connectivity index (χ0) is 3.41. The van der Waals surface area contributed by atoms with Gasteiger partial charge in [0.1, 0.15) is 0 Å². The lowest BCUT2D eigenvalue weighted by atomic mass is 11.2. The number of hydrogen-bond donors (Lipinski definition) is 0. The Hall–Kier alpha value is -0.770. The summed E-state index contributed by atoms with van der Waals surface area (Å²) >= 11 is 0. The van der Waals surface area contributed by atoms with Crippen molar-refractivity contribution < 1.29 is 0 Å². The summed E-state index contributed by atoms with van der Waals surface area (Å²) in [5, 5.41) is 0. The fourth-order valence-electron chi connectivity index (χ4n) is 0. The summed E-state index contributed by atoms with van der Waals surface area (Å²) in [6.07, 6.45) is 4.55. The van der Waals surface area contributed by atoms with Gasteiger partial charge in [0, 0.05) is 12.8 Å². The summed E-state index contributed by atoms with van der Waals surface area (Å²) in [5.74, 6) is 0. The Labute approximate surface area is 25.4 Å². The molecular weight excluding hydrogens is 50.0 g/mol. The van der Waals surface area contributed by atoms with Crippen LogP contribution >= 0.6 is 0 Å². The first-order chi connectivity index (χ1) is 1.91. The van der Waals surface area contributed by atoms with Crippen molar-refractivity contribution in [2.75, 3.05) is 0 Å². The fraction of sp³-hybridized carbons (Fsp3) is 0. The molecule has 0 aliphatic heterocycles. The third-order valence-corrected chi connectivity index (χ3v) is 0.0913. The van der Waals surface area contributed by atoms with Crippen LogP contribution in [0.25, 0.3) is 0 Å². The average molecular weight is 53.1 g/mol. The molecule has 0 amide bonds. The van der Waals surface area contributed by atoms with Crippen LogP contribution in [0, 0.1) is 12.5 Å². The maximum atomic E-state index is 4.55. The molecule has 20 valence electrons. The Morgan fingerprint density at radius 3 is 2.25 bits per heavy atom. The standard InChI is InChI=1S/C3H3N/c1-3-4-2/h1H,2H2. The molecule has 0 N–H and O–H groups in total. The average Bonchev–Trinajstić information content (AvgIpc) is 1.37. The van der Waals surface area contributed by atoms with Crippen LogP contribution in [-0.4, -0.2) is 6.72 Å². The van der Waals surface area contributed by atoms with Gasteiger partial charge in [-0.3, -0.25) is 0 Å². The Bertz CT molecular complexity index is 48.8. The molecule has 0 saturated carbocycles. The Morgan fingerprint density at radius 2 is 2.25 bits per heavy atom. The van der Waals surface area contributed by atoms with Gasteiger partial charge < -0.3 is 0 Å². The lowest BCUT2D eigenvalue weighted by Crippen LogP contribution is -1.28. The summed E-state index contributed by atoms with van der Waals surface area (Å²) in [7, 11) is 0. The summed E-state index contributed by atoms with van der Waals surface area (Å²) in [6, 6.07) is 1.94. The van der Waals surface area contributed by atoms with Gasteiger partial charge in [-0.05, 0) is 0 Å². The predicted molar refractivity (Wildman–Crippen MR) is 18.4 cm³/mol. The van der Waals surface area contributed by atoms with Crippen molar-refractivity contribution in [1.29, 1.82) is 0 Å². The Balaban J connectivity index is 2.92. The van der Waals surface area contributed by atoms with E-state index < -0.39 is 0 Å². The van der Waals surface area contributed by atoms with E-state index in [0.29, 0.717) is 0 Å². The first-order valence-electron chi connectivity index (χ1n) is 0.829. The zero-order valence-electron chi connectivity index (χ0n) is 2.23. The largest absolute Gasteiger partial charge is 0.214 e. The maximum Gasteiger partial charge on any atom is 0.0295 e. The van der Waals surface area contributed by atoms with Gasteiger partial charge in [-0.1, -0.05) is 6.42 Å². The molecule has 1 heteroatoms. The molecule has 0 spiro atoms. The van der Waals surface area contributed by atoms with Crippen LogP contribution in [0.5, 0.6) is 0 Å². The van der Waals surface area contributed by atoms with Crippen molar-refractivity contribution in [3.8, 4) is 12.5 Å². The SMILES string of the molecule is C#CN=C. The van der Waals surface area contributed by atoms with Gasteiger partial charge >= 0.3 is 0 Å². The van der Waals surface area contributed by atoms with Gasteiger partial charge in [0.05, 0.1) is 0 Å². The second kappa shape index (κ2) is 2.23. The number of nitrogens with zero attached hydrogens (tertiary/aromatic N) is 1. The zero-order valence-corrected chi connectivity index (χ0v) is 2.23. The third kappa shape index (κ3) is 1.23. The number of aliphatic imine (C=N–C) groups is 1. The molecule has 0 aliphatic rings. The molecule has 0 atom stereocenters. The molecule has 1 nitrogen and oxygen atoms in total. The highest BCUT2D eigenvalue weighted by Gasteiger charge is 1.24. The molecule has 0 heterocycles. The number of hydrogen-bond acceptors (Lipinski definition) is 1. The highest BCUT2D eigenvalue weighted by atomic mass is 14.6. The second-order valence-electron chi connectivity index (χ2n) is 0.287. The van der Waals surface area contributed by atoms with Crippen molar-refractivity contribution in [2.45, 2.75) is 0 Å². The van der Waals surface area contributed by atoms with Gasteiger partial charge in [0.2, 0.25) is 0 Å². The quantitative estimate of drug-likeness (QED) is 0.277. The minimum Gasteiger partial charge on any atom is -0.214 e. The molecule has 0 rings (SSSR count). The molecule has 0 bridgehead atoms. The summed E-state index contributed by atoms with van der Waals surface area (Å²) in [4.78, 5) is 3.01. The minimum atomic E-state index is 1.94. The molecule has 0 aliphatic carbocycles. The van der Waals surface area contributed by atoms with Crippen LogP contribution in [0.3, 0.4) is 0 Å². The Morgan fingerprint density at radius 1 is 2.00 bits per heavy atom. The van der Waals surface area contributed by atoms with E-state index in [4.69, 9.17) is 0 Å². The van der Waals surface area contributed by atoms with E-state index in [-0.39, 0.29) is 0 Å². The van der Waals surface area contributed by atoms with Crippen LogP contribution in [0.15, 0.2) is 4.99 Å². The molecule has 0 saturated heterocycles. The number of terminal acetylenes is 1. The van der Waals surface area contributed by atoms with Crippen molar-refractivity contribution >= 4 is 6.72 Å². The summed E-state index contributed by atoms with van der Waals surface area (Å²) in [6.45, 7) is 2.99. The van der Waals surface area contributed by atoms with E-state index in [2.05, 4.69) is 18.1 Å². The monoisotopic (exact) mass is 53.0 g/mol. The minimum absolute atomic E-state index is 1.94. The van der Waals surface area contributed by atoms with Gasteiger partial charge in [-0.25, -0.2) is 4.99 Å². The lowest BCUT2D eigenvalue weighted by molar-refractivity contribution is 1.77. The van der Waals surface area contributed by atoms with Crippen LogP contribution in [-0.2, 0) is 0 Å². The van der Waals surface area contributed by atoms with E-state index in [1.165, 1.54) is 0 Å². The molecular formula is C3H3N. The highest BCUT2D eigenvalue weighted by Crippen LogP contribution is 1.37. The fourth-order valence-corrected chi connectivity index (χ4v) is 0. The second-order valence-corrected chi connectivity index (χ2v) is 0.287. The lowest BCUT2D eigenvalue weighted by Gasteiger charge is -1.41. The Kier molecular flexibility index (Phi) is 1.80. The first kappa shape index (κ1) is 3.23. The van der Waals surface area contributed by atoms with Crippen LogP contribution < -0.4 is 0 Å². The number of rotatable bonds is 0. The van der Waals surface area contributed by atoms with Crippen LogP contribution in [0.2, 0.25) is 0 Å². The maximum absolute atomic E-state index is 4.55. The van der Waals surface area contributed by atoms with Crippen LogP contribution in [0.4, 0.5) is 0 Å². The molecule has 4 heavy (non-hydrogen) atoms. The van der Waals surface area contributed by atoms with E-state index in [9.17, 15) is 0 Å². The van der Waals surface area contributed by atoms with Crippen molar-refractivity contribution in [2.24, 2.45) is 4.99 Å². The molecule has 0 aromatic rings. The normalized spacial score (nSPS) is 3.75. The highest BCUT2D eigenvalue weighted by molar-refractivity contribution is 5.26. The summed E-state index contributed by atoms with van der Waals surface area (Å²) in [5.41, 5.74) is 0.